The highest BCUT2D eigenvalue weighted by Gasteiger charge is 2.00. The molecule has 2 rings (SSSR count). The molecule has 0 aliphatic rings. The minimum absolute atomic E-state index is 0.543. The van der Waals surface area contributed by atoms with Crippen LogP contribution in [0.4, 0.5) is 0 Å². The molecule has 4 heteroatoms. The van der Waals surface area contributed by atoms with Gasteiger partial charge in [0.15, 0.2) is 0 Å². The van der Waals surface area contributed by atoms with E-state index in [1.807, 2.05) is 37.3 Å². The number of ether oxygens (including phenoxy) is 1. The fraction of sp³-hybridized carbons (Fsp3) is 0.182. The van der Waals surface area contributed by atoms with Crippen LogP contribution in [-0.2, 0) is 6.54 Å². The summed E-state index contributed by atoms with van der Waals surface area (Å²) in [6.45, 7) is 2.47. The first-order valence-corrected chi connectivity index (χ1v) is 4.77. The Morgan fingerprint density at radius 2 is 2.07 bits per heavy atom. The molecule has 0 saturated heterocycles. The van der Waals surface area contributed by atoms with Crippen LogP contribution in [0.25, 0.3) is 0 Å². The lowest BCUT2D eigenvalue weighted by Crippen LogP contribution is -1.95. The maximum absolute atomic E-state index is 5.52. The van der Waals surface area contributed by atoms with Crippen LogP contribution < -0.4 is 10.5 Å². The maximum Gasteiger partial charge on any atom is 0.238 e. The average molecular weight is 203 g/mol. The van der Waals surface area contributed by atoms with Gasteiger partial charge in [-0.05, 0) is 24.6 Å². The van der Waals surface area contributed by atoms with Crippen molar-refractivity contribution in [1.29, 1.82) is 0 Å². The molecule has 0 atom stereocenters. The van der Waals surface area contributed by atoms with Crippen LogP contribution in [0.5, 0.6) is 11.6 Å². The zero-order valence-electron chi connectivity index (χ0n) is 8.53. The van der Waals surface area contributed by atoms with Crippen molar-refractivity contribution in [2.45, 2.75) is 13.5 Å². The van der Waals surface area contributed by atoms with E-state index in [1.54, 1.807) is 0 Å². The number of aromatic amines is 1. The second-order valence-corrected chi connectivity index (χ2v) is 3.34. The Labute approximate surface area is 88.1 Å². The zero-order valence-corrected chi connectivity index (χ0v) is 8.53. The van der Waals surface area contributed by atoms with Crippen molar-refractivity contribution in [3.05, 3.63) is 41.6 Å². The van der Waals surface area contributed by atoms with Crippen LogP contribution >= 0.6 is 0 Å². The first-order chi connectivity index (χ1) is 7.28. The highest BCUT2D eigenvalue weighted by molar-refractivity contribution is 5.30. The van der Waals surface area contributed by atoms with Crippen molar-refractivity contribution in [2.75, 3.05) is 0 Å². The van der Waals surface area contributed by atoms with E-state index in [1.165, 1.54) is 0 Å². The molecule has 78 valence electrons. The van der Waals surface area contributed by atoms with Crippen molar-refractivity contribution >= 4 is 0 Å². The molecule has 0 radical (unpaired) electrons. The van der Waals surface area contributed by atoms with Crippen molar-refractivity contribution in [2.24, 2.45) is 5.73 Å². The van der Waals surface area contributed by atoms with Crippen LogP contribution in [0.1, 0.15) is 11.3 Å². The lowest BCUT2D eigenvalue weighted by atomic mass is 10.2. The SMILES string of the molecule is Cc1cc(Oc2ccc(CN)cc2)n[nH]1. The Kier molecular flexibility index (Phi) is 2.69. The molecule has 0 aliphatic heterocycles. The van der Waals surface area contributed by atoms with Gasteiger partial charge in [0.2, 0.25) is 5.88 Å². The van der Waals surface area contributed by atoms with E-state index >= 15 is 0 Å². The van der Waals surface area contributed by atoms with Crippen molar-refractivity contribution < 1.29 is 4.74 Å². The van der Waals surface area contributed by atoms with Crippen LogP contribution in [0.3, 0.4) is 0 Å². The van der Waals surface area contributed by atoms with E-state index < -0.39 is 0 Å². The molecule has 1 heterocycles. The predicted octanol–water partition coefficient (Wildman–Crippen LogP) is 1.97. The molecule has 0 spiro atoms. The fourth-order valence-corrected chi connectivity index (χ4v) is 1.26. The Balaban J connectivity index is 2.11. The molecule has 1 aromatic carbocycles. The number of aromatic nitrogens is 2. The van der Waals surface area contributed by atoms with Gasteiger partial charge in [-0.15, -0.1) is 5.10 Å². The summed E-state index contributed by atoms with van der Waals surface area (Å²) >= 11 is 0. The first kappa shape index (κ1) is 9.73. The minimum atomic E-state index is 0.543. The standard InChI is InChI=1S/C11H13N3O/c1-8-6-11(14-13-8)15-10-4-2-9(7-12)3-5-10/h2-6H,7,12H2,1H3,(H,13,14). The molecular weight excluding hydrogens is 190 g/mol. The molecule has 0 fully saturated rings. The Bertz CT molecular complexity index is 433. The van der Waals surface area contributed by atoms with Crippen LogP contribution in [-0.4, -0.2) is 10.2 Å². The van der Waals surface area contributed by atoms with Gasteiger partial charge in [0.05, 0.1) is 0 Å². The summed E-state index contributed by atoms with van der Waals surface area (Å²) in [6, 6.07) is 9.49. The molecule has 0 saturated carbocycles. The minimum Gasteiger partial charge on any atom is -0.438 e. The highest BCUT2D eigenvalue weighted by atomic mass is 16.5. The molecule has 0 aliphatic carbocycles. The topological polar surface area (TPSA) is 63.9 Å². The summed E-state index contributed by atoms with van der Waals surface area (Å²) < 4.78 is 5.52. The predicted molar refractivity (Wildman–Crippen MR) is 57.7 cm³/mol. The summed E-state index contributed by atoms with van der Waals surface area (Å²) in [5.41, 5.74) is 7.56. The fourth-order valence-electron chi connectivity index (χ4n) is 1.26. The number of benzene rings is 1. The smallest absolute Gasteiger partial charge is 0.238 e. The van der Waals surface area contributed by atoms with Gasteiger partial charge in [0.1, 0.15) is 5.75 Å². The summed E-state index contributed by atoms with van der Waals surface area (Å²) in [4.78, 5) is 0. The van der Waals surface area contributed by atoms with E-state index in [2.05, 4.69) is 10.2 Å². The van der Waals surface area contributed by atoms with Gasteiger partial charge in [0, 0.05) is 18.3 Å². The molecule has 2 aromatic rings. The van der Waals surface area contributed by atoms with Gasteiger partial charge in [-0.1, -0.05) is 12.1 Å². The van der Waals surface area contributed by atoms with Crippen LogP contribution in [0, 0.1) is 6.92 Å². The Morgan fingerprint density at radius 3 is 2.60 bits per heavy atom. The average Bonchev–Trinajstić information content (AvgIpc) is 2.65. The van der Waals surface area contributed by atoms with Crippen LogP contribution in [0.15, 0.2) is 30.3 Å². The van der Waals surface area contributed by atoms with Gasteiger partial charge in [-0.3, -0.25) is 5.10 Å². The molecular formula is C11H13N3O. The molecule has 1 aromatic heterocycles. The number of H-pyrrole nitrogens is 1. The van der Waals surface area contributed by atoms with Gasteiger partial charge in [-0.2, -0.15) is 0 Å². The van der Waals surface area contributed by atoms with Gasteiger partial charge >= 0.3 is 0 Å². The molecule has 4 nitrogen and oxygen atoms in total. The number of hydrogen-bond acceptors (Lipinski definition) is 3. The lowest BCUT2D eigenvalue weighted by Gasteiger charge is -2.02. The third kappa shape index (κ3) is 2.35. The van der Waals surface area contributed by atoms with Gasteiger partial charge in [0.25, 0.3) is 0 Å². The maximum atomic E-state index is 5.52. The highest BCUT2D eigenvalue weighted by Crippen LogP contribution is 2.19. The van der Waals surface area contributed by atoms with E-state index in [0.717, 1.165) is 17.0 Å². The van der Waals surface area contributed by atoms with Crippen LogP contribution in [0.2, 0.25) is 0 Å². The Morgan fingerprint density at radius 1 is 1.33 bits per heavy atom. The summed E-state index contributed by atoms with van der Waals surface area (Å²) in [6.07, 6.45) is 0. The quantitative estimate of drug-likeness (QED) is 0.801. The van der Waals surface area contributed by atoms with E-state index in [0.29, 0.717) is 12.4 Å². The number of rotatable bonds is 3. The molecule has 0 amide bonds. The monoisotopic (exact) mass is 203 g/mol. The van der Waals surface area contributed by atoms with Gasteiger partial charge < -0.3 is 10.5 Å². The summed E-state index contributed by atoms with van der Waals surface area (Å²) in [7, 11) is 0. The largest absolute Gasteiger partial charge is 0.438 e. The third-order valence-corrected chi connectivity index (χ3v) is 2.06. The summed E-state index contributed by atoms with van der Waals surface area (Å²) in [5, 5.41) is 6.80. The second-order valence-electron chi connectivity index (χ2n) is 3.34. The van der Waals surface area contributed by atoms with E-state index in [-0.39, 0.29) is 0 Å². The normalized spacial score (nSPS) is 10.3. The molecule has 15 heavy (non-hydrogen) atoms. The second kappa shape index (κ2) is 4.14. The number of nitrogens with zero attached hydrogens (tertiary/aromatic N) is 1. The number of nitrogens with one attached hydrogen (secondary N) is 1. The zero-order chi connectivity index (χ0) is 10.7. The number of nitrogens with two attached hydrogens (primary N) is 1. The van der Waals surface area contributed by atoms with Gasteiger partial charge in [-0.25, -0.2) is 0 Å². The van der Waals surface area contributed by atoms with Crippen molar-refractivity contribution in [3.63, 3.8) is 0 Å². The number of hydrogen-bond donors (Lipinski definition) is 2. The molecule has 3 N–H and O–H groups in total. The van der Waals surface area contributed by atoms with Crippen molar-refractivity contribution in [1.82, 2.24) is 10.2 Å². The first-order valence-electron chi connectivity index (χ1n) is 4.77. The van der Waals surface area contributed by atoms with E-state index in [9.17, 15) is 0 Å². The third-order valence-electron chi connectivity index (χ3n) is 2.06. The lowest BCUT2D eigenvalue weighted by molar-refractivity contribution is 0.461. The summed E-state index contributed by atoms with van der Waals surface area (Å²) in [5.74, 6) is 1.34. The molecule has 0 unspecified atom stereocenters. The Hall–Kier alpha value is -1.81. The van der Waals surface area contributed by atoms with E-state index in [4.69, 9.17) is 10.5 Å². The van der Waals surface area contributed by atoms with Crippen molar-refractivity contribution in [3.8, 4) is 11.6 Å². The number of aryl methyl sites for hydroxylation is 1. The molecule has 0 bridgehead atoms.